The molecule has 0 atom stereocenters. The van der Waals surface area contributed by atoms with Crippen molar-refractivity contribution < 1.29 is 27.6 Å². The number of rotatable bonds is 2. The molecule has 1 rings (SSSR count). The minimum absolute atomic E-state index is 0.269. The third kappa shape index (κ3) is 2.11. The normalized spacial score (nSPS) is 12.1. The first-order valence-corrected chi connectivity index (χ1v) is 4.05. The molecule has 0 saturated carbocycles. The monoisotopic (exact) mass is 223 g/mol. The Morgan fingerprint density at radius 2 is 2.00 bits per heavy atom. The highest BCUT2D eigenvalue weighted by atomic mass is 19.4. The molecule has 0 radical (unpaired) electrons. The Kier molecular flexibility index (Phi) is 2.74. The van der Waals surface area contributed by atoms with Gasteiger partial charge in [-0.15, -0.1) is 0 Å². The second-order valence-corrected chi connectivity index (χ2v) is 3.23. The summed E-state index contributed by atoms with van der Waals surface area (Å²) in [5.41, 5.74) is -2.39. The fourth-order valence-electron chi connectivity index (χ4n) is 1.10. The van der Waals surface area contributed by atoms with E-state index in [1.54, 1.807) is 0 Å². The van der Waals surface area contributed by atoms with Crippen molar-refractivity contribution in [2.45, 2.75) is 25.9 Å². The molecule has 4 nitrogen and oxygen atoms in total. The molecule has 1 heterocycles. The molecule has 1 aromatic heterocycles. The summed E-state index contributed by atoms with van der Waals surface area (Å²) in [5, 5.41) is 11.4. The van der Waals surface area contributed by atoms with Gasteiger partial charge in [-0.25, -0.2) is 4.79 Å². The van der Waals surface area contributed by atoms with Crippen molar-refractivity contribution in [3.8, 4) is 0 Å². The standard InChI is InChI=1S/C8H8F3NO3/c1-3(2)5-4(7(13)14)6(12-15-5)8(9,10)11/h3H,1-2H3,(H,13,14). The molecule has 0 unspecified atom stereocenters. The molecule has 7 heteroatoms. The van der Waals surface area contributed by atoms with Crippen molar-refractivity contribution >= 4 is 5.97 Å². The molecule has 0 aliphatic rings. The number of carboxylic acid groups (broad SMARTS) is 1. The maximum Gasteiger partial charge on any atom is 0.437 e. The van der Waals surface area contributed by atoms with E-state index in [2.05, 4.69) is 9.68 Å². The second kappa shape index (κ2) is 3.56. The molecule has 0 amide bonds. The Hall–Kier alpha value is -1.53. The zero-order valence-electron chi connectivity index (χ0n) is 7.92. The van der Waals surface area contributed by atoms with E-state index in [0.29, 0.717) is 0 Å². The first-order chi connectivity index (χ1) is 6.75. The third-order valence-electron chi connectivity index (χ3n) is 1.73. The van der Waals surface area contributed by atoms with Gasteiger partial charge in [-0.3, -0.25) is 0 Å². The summed E-state index contributed by atoms with van der Waals surface area (Å²) >= 11 is 0. The molecule has 0 bridgehead atoms. The minimum atomic E-state index is -4.82. The lowest BCUT2D eigenvalue weighted by atomic mass is 10.0. The average Bonchev–Trinajstić information content (AvgIpc) is 2.45. The Morgan fingerprint density at radius 1 is 1.47 bits per heavy atom. The summed E-state index contributed by atoms with van der Waals surface area (Å²) in [7, 11) is 0. The van der Waals surface area contributed by atoms with E-state index in [1.165, 1.54) is 13.8 Å². The van der Waals surface area contributed by atoms with Crippen LogP contribution >= 0.6 is 0 Å². The number of carbonyl (C=O) groups is 1. The number of alkyl halides is 3. The fourth-order valence-corrected chi connectivity index (χ4v) is 1.10. The molecule has 0 fully saturated rings. The highest BCUT2D eigenvalue weighted by Crippen LogP contribution is 2.34. The molecule has 1 N–H and O–H groups in total. The zero-order chi connectivity index (χ0) is 11.8. The minimum Gasteiger partial charge on any atom is -0.477 e. The Balaban J connectivity index is 3.37. The van der Waals surface area contributed by atoms with E-state index in [1.807, 2.05) is 0 Å². The Morgan fingerprint density at radius 3 is 2.33 bits per heavy atom. The molecular formula is C8H8F3NO3. The molecule has 0 saturated heterocycles. The van der Waals surface area contributed by atoms with Crippen molar-refractivity contribution in [2.24, 2.45) is 0 Å². The van der Waals surface area contributed by atoms with E-state index in [0.717, 1.165) is 0 Å². The Labute approximate surface area is 82.7 Å². The van der Waals surface area contributed by atoms with Crippen molar-refractivity contribution in [3.63, 3.8) is 0 Å². The molecular weight excluding hydrogens is 215 g/mol. The lowest BCUT2D eigenvalue weighted by Crippen LogP contribution is -2.13. The van der Waals surface area contributed by atoms with Crippen LogP contribution in [0.3, 0.4) is 0 Å². The van der Waals surface area contributed by atoms with E-state index >= 15 is 0 Å². The van der Waals surface area contributed by atoms with Gasteiger partial charge in [0.25, 0.3) is 0 Å². The molecule has 15 heavy (non-hydrogen) atoms. The maximum atomic E-state index is 12.3. The van der Waals surface area contributed by atoms with Crippen LogP contribution in [0.4, 0.5) is 13.2 Å². The van der Waals surface area contributed by atoms with Gasteiger partial charge in [-0.05, 0) is 0 Å². The summed E-state index contributed by atoms with van der Waals surface area (Å²) in [6.07, 6.45) is -4.82. The Bertz CT molecular complexity index is 381. The van der Waals surface area contributed by atoms with Gasteiger partial charge in [0.2, 0.25) is 5.69 Å². The largest absolute Gasteiger partial charge is 0.477 e. The predicted molar refractivity (Wildman–Crippen MR) is 42.6 cm³/mol. The van der Waals surface area contributed by atoms with E-state index in [-0.39, 0.29) is 5.76 Å². The first kappa shape index (κ1) is 11.5. The zero-order valence-corrected chi connectivity index (χ0v) is 7.92. The van der Waals surface area contributed by atoms with Crippen LogP contribution in [0, 0.1) is 0 Å². The smallest absolute Gasteiger partial charge is 0.437 e. The molecule has 1 aromatic rings. The summed E-state index contributed by atoms with van der Waals surface area (Å²) in [5.74, 6) is -2.43. The number of aromatic nitrogens is 1. The van der Waals surface area contributed by atoms with Gasteiger partial charge in [0.1, 0.15) is 5.56 Å². The topological polar surface area (TPSA) is 63.3 Å². The van der Waals surface area contributed by atoms with E-state index in [9.17, 15) is 18.0 Å². The van der Waals surface area contributed by atoms with Crippen molar-refractivity contribution in [1.29, 1.82) is 0 Å². The van der Waals surface area contributed by atoms with E-state index in [4.69, 9.17) is 5.11 Å². The second-order valence-electron chi connectivity index (χ2n) is 3.23. The molecule has 84 valence electrons. The van der Waals surface area contributed by atoms with Gasteiger partial charge < -0.3 is 9.63 Å². The third-order valence-corrected chi connectivity index (χ3v) is 1.73. The van der Waals surface area contributed by atoms with Gasteiger partial charge in [0.15, 0.2) is 5.76 Å². The summed E-state index contributed by atoms with van der Waals surface area (Å²) < 4.78 is 41.3. The van der Waals surface area contributed by atoms with Crippen molar-refractivity contribution in [1.82, 2.24) is 5.16 Å². The van der Waals surface area contributed by atoms with Crippen LogP contribution < -0.4 is 0 Å². The van der Waals surface area contributed by atoms with Crippen LogP contribution in [0.15, 0.2) is 4.52 Å². The molecule has 0 spiro atoms. The number of aromatic carboxylic acids is 1. The van der Waals surface area contributed by atoms with Crippen molar-refractivity contribution in [3.05, 3.63) is 17.0 Å². The van der Waals surface area contributed by atoms with Crippen LogP contribution in [0.2, 0.25) is 0 Å². The summed E-state index contributed by atoms with van der Waals surface area (Å²) in [4.78, 5) is 10.7. The molecule has 0 aliphatic carbocycles. The van der Waals surface area contributed by atoms with Crippen LogP contribution in [-0.4, -0.2) is 16.2 Å². The van der Waals surface area contributed by atoms with Gasteiger partial charge in [0, 0.05) is 5.92 Å². The number of halogens is 3. The van der Waals surface area contributed by atoms with Crippen LogP contribution in [-0.2, 0) is 6.18 Å². The number of hydrogen-bond donors (Lipinski definition) is 1. The highest BCUT2D eigenvalue weighted by Gasteiger charge is 2.42. The average molecular weight is 223 g/mol. The highest BCUT2D eigenvalue weighted by molar-refractivity contribution is 5.90. The lowest BCUT2D eigenvalue weighted by Gasteiger charge is -2.03. The molecule has 0 aromatic carbocycles. The quantitative estimate of drug-likeness (QED) is 0.836. The lowest BCUT2D eigenvalue weighted by molar-refractivity contribution is -0.143. The van der Waals surface area contributed by atoms with Crippen LogP contribution in [0.5, 0.6) is 0 Å². The SMILES string of the molecule is CC(C)c1onc(C(F)(F)F)c1C(=O)O. The van der Waals surface area contributed by atoms with Crippen LogP contribution in [0.1, 0.15) is 41.6 Å². The predicted octanol–water partition coefficient (Wildman–Crippen LogP) is 2.52. The van der Waals surface area contributed by atoms with Gasteiger partial charge >= 0.3 is 12.1 Å². The van der Waals surface area contributed by atoms with Gasteiger partial charge in [-0.2, -0.15) is 13.2 Å². The fraction of sp³-hybridized carbons (Fsp3) is 0.500. The van der Waals surface area contributed by atoms with Crippen LogP contribution in [0.25, 0.3) is 0 Å². The first-order valence-electron chi connectivity index (χ1n) is 4.05. The van der Waals surface area contributed by atoms with Gasteiger partial charge in [-0.1, -0.05) is 19.0 Å². The van der Waals surface area contributed by atoms with Crippen molar-refractivity contribution in [2.75, 3.05) is 0 Å². The van der Waals surface area contributed by atoms with Gasteiger partial charge in [0.05, 0.1) is 0 Å². The number of carboxylic acids is 1. The molecule has 0 aliphatic heterocycles. The number of hydrogen-bond acceptors (Lipinski definition) is 3. The summed E-state index contributed by atoms with van der Waals surface area (Å²) in [6, 6.07) is 0. The summed E-state index contributed by atoms with van der Waals surface area (Å²) in [6.45, 7) is 3.04. The van der Waals surface area contributed by atoms with E-state index < -0.39 is 29.3 Å². The maximum absolute atomic E-state index is 12.3. The number of nitrogens with zero attached hydrogens (tertiary/aromatic N) is 1.